The van der Waals surface area contributed by atoms with Gasteiger partial charge in [-0.2, -0.15) is 13.2 Å². The van der Waals surface area contributed by atoms with Crippen molar-refractivity contribution in [2.75, 3.05) is 0 Å². The lowest BCUT2D eigenvalue weighted by molar-refractivity contribution is -0.137. The molecule has 0 aromatic heterocycles. The first-order valence-electron chi connectivity index (χ1n) is 8.09. The molecule has 0 heterocycles. The fourth-order valence-electron chi connectivity index (χ4n) is 2.46. The Hall–Kier alpha value is -3.06. The Morgan fingerprint density at radius 1 is 1.11 bits per heavy atom. The molecule has 0 spiro atoms. The molecule has 4 nitrogen and oxygen atoms in total. The summed E-state index contributed by atoms with van der Waals surface area (Å²) in [4.78, 5) is 24.0. The Morgan fingerprint density at radius 3 is 2.46 bits per heavy atom. The van der Waals surface area contributed by atoms with E-state index in [9.17, 15) is 22.8 Å². The van der Waals surface area contributed by atoms with Gasteiger partial charge in [0.05, 0.1) is 11.1 Å². The highest BCUT2D eigenvalue weighted by atomic mass is 35.5. The second-order valence-electron chi connectivity index (χ2n) is 5.89. The molecule has 144 valence electrons. The summed E-state index contributed by atoms with van der Waals surface area (Å²) in [5.41, 5.74) is -1.13. The highest BCUT2D eigenvalue weighted by Crippen LogP contribution is 2.34. The molecular weight excluding hydrogens is 395 g/mol. The molecule has 2 aromatic rings. The summed E-state index contributed by atoms with van der Waals surface area (Å²) >= 11 is 5.80. The number of halogens is 4. The van der Waals surface area contributed by atoms with Crippen LogP contribution in [0.3, 0.4) is 0 Å². The van der Waals surface area contributed by atoms with Gasteiger partial charge in [-0.3, -0.25) is 9.59 Å². The average molecular weight is 408 g/mol. The van der Waals surface area contributed by atoms with Crippen LogP contribution in [-0.4, -0.2) is 11.7 Å². The Bertz CT molecular complexity index is 979. The van der Waals surface area contributed by atoms with E-state index in [1.807, 2.05) is 0 Å². The Kier molecular flexibility index (Phi) is 5.56. The largest absolute Gasteiger partial charge is 0.457 e. The molecule has 0 bridgehead atoms. The summed E-state index contributed by atoms with van der Waals surface area (Å²) in [5, 5.41) is 2.88. The van der Waals surface area contributed by atoms with E-state index in [0.717, 1.165) is 12.1 Å². The Balaban J connectivity index is 1.95. The number of ketones is 1. The molecule has 2 aromatic carbocycles. The van der Waals surface area contributed by atoms with Crippen LogP contribution >= 0.6 is 11.6 Å². The number of carbonyl (C=O) groups is 2. The van der Waals surface area contributed by atoms with Gasteiger partial charge in [0.2, 0.25) is 0 Å². The number of hydrogen-bond donors (Lipinski definition) is 1. The molecule has 1 N–H and O–H groups in total. The van der Waals surface area contributed by atoms with Gasteiger partial charge in [-0.15, -0.1) is 0 Å². The number of nitrogens with one attached hydrogen (secondary N) is 1. The molecule has 0 saturated heterocycles. The zero-order chi connectivity index (χ0) is 20.3. The summed E-state index contributed by atoms with van der Waals surface area (Å²) in [6.07, 6.45) is -0.158. The van der Waals surface area contributed by atoms with Crippen LogP contribution in [0.15, 0.2) is 66.4 Å². The second-order valence-corrected chi connectivity index (χ2v) is 6.33. The smallest absolute Gasteiger partial charge is 0.416 e. The molecule has 3 rings (SSSR count). The summed E-state index contributed by atoms with van der Waals surface area (Å²) in [5.74, 6) is -0.829. The molecule has 0 atom stereocenters. The number of alkyl halides is 3. The third kappa shape index (κ3) is 4.80. The highest BCUT2D eigenvalue weighted by molar-refractivity contribution is 6.30. The van der Waals surface area contributed by atoms with E-state index in [4.69, 9.17) is 16.3 Å². The van der Waals surface area contributed by atoms with E-state index >= 15 is 0 Å². The van der Waals surface area contributed by atoms with E-state index < -0.39 is 17.6 Å². The van der Waals surface area contributed by atoms with Crippen LogP contribution in [0.25, 0.3) is 0 Å². The molecule has 0 radical (unpaired) electrons. The summed E-state index contributed by atoms with van der Waals surface area (Å²) in [6, 6.07) is 8.73. The molecule has 0 unspecified atom stereocenters. The van der Waals surface area contributed by atoms with Gasteiger partial charge in [-0.25, -0.2) is 0 Å². The van der Waals surface area contributed by atoms with Crippen molar-refractivity contribution in [2.24, 2.45) is 0 Å². The van der Waals surface area contributed by atoms with Crippen LogP contribution in [0.4, 0.5) is 13.2 Å². The molecule has 28 heavy (non-hydrogen) atoms. The van der Waals surface area contributed by atoms with Gasteiger partial charge in [0, 0.05) is 23.2 Å². The maximum atomic E-state index is 13.1. The minimum absolute atomic E-state index is 0.0699. The Morgan fingerprint density at radius 2 is 1.82 bits per heavy atom. The fraction of sp³-hybridized carbons (Fsp3) is 0.100. The van der Waals surface area contributed by atoms with Crippen LogP contribution in [0.2, 0.25) is 5.02 Å². The van der Waals surface area contributed by atoms with Crippen LogP contribution in [0, 0.1) is 0 Å². The number of ether oxygens (including phenoxy) is 1. The lowest BCUT2D eigenvalue weighted by atomic mass is 10.1. The standard InChI is InChI=1S/C20H13ClF3NO3/c21-13-5-7-16(8-6-13)28-18-9-4-12(20(22,23)24)10-17(18)19(27)25-14-2-1-3-15(26)11-14/h1-2,4-11H,3H2,(H,25,27). The van der Waals surface area contributed by atoms with Crippen LogP contribution in [0.1, 0.15) is 22.3 Å². The number of carbonyl (C=O) groups excluding carboxylic acids is 2. The number of amides is 1. The number of benzene rings is 2. The summed E-state index contributed by atoms with van der Waals surface area (Å²) in [6.45, 7) is 0. The molecule has 0 aliphatic heterocycles. The predicted octanol–water partition coefficient (Wildman–Crippen LogP) is 5.29. The normalized spacial score (nSPS) is 13.9. The molecular formula is C20H13ClF3NO3. The van der Waals surface area contributed by atoms with Gasteiger partial charge in [0.15, 0.2) is 5.78 Å². The van der Waals surface area contributed by atoms with Crippen molar-refractivity contribution in [2.45, 2.75) is 12.6 Å². The zero-order valence-corrected chi connectivity index (χ0v) is 15.0. The molecule has 0 fully saturated rings. The SMILES string of the molecule is O=C1C=C(NC(=O)c2cc(C(F)(F)F)ccc2Oc2ccc(Cl)cc2)C=CC1. The number of hydrogen-bond acceptors (Lipinski definition) is 3. The maximum absolute atomic E-state index is 13.1. The van der Waals surface area contributed by atoms with Gasteiger partial charge in [0.25, 0.3) is 5.91 Å². The van der Waals surface area contributed by atoms with Crippen LogP contribution in [0.5, 0.6) is 11.5 Å². The first-order valence-corrected chi connectivity index (χ1v) is 8.47. The van der Waals surface area contributed by atoms with Crippen molar-refractivity contribution in [3.63, 3.8) is 0 Å². The predicted molar refractivity (Wildman–Crippen MR) is 97.3 cm³/mol. The number of rotatable bonds is 4. The summed E-state index contributed by atoms with van der Waals surface area (Å²) < 4.78 is 44.8. The van der Waals surface area contributed by atoms with Gasteiger partial charge in [-0.1, -0.05) is 17.7 Å². The van der Waals surface area contributed by atoms with E-state index in [1.54, 1.807) is 18.2 Å². The Labute approximate surface area is 163 Å². The van der Waals surface area contributed by atoms with Crippen molar-refractivity contribution in [3.8, 4) is 11.5 Å². The lowest BCUT2D eigenvalue weighted by Crippen LogP contribution is -2.24. The third-order valence-electron chi connectivity index (χ3n) is 3.78. The first kappa shape index (κ1) is 19.7. The van der Waals surface area contributed by atoms with Crippen molar-refractivity contribution in [1.82, 2.24) is 5.32 Å². The monoisotopic (exact) mass is 407 g/mol. The van der Waals surface area contributed by atoms with E-state index in [-0.39, 0.29) is 29.2 Å². The first-order chi connectivity index (χ1) is 13.2. The molecule has 1 amide bonds. The van der Waals surface area contributed by atoms with Gasteiger partial charge in [0.1, 0.15) is 11.5 Å². The van der Waals surface area contributed by atoms with E-state index in [2.05, 4.69) is 5.32 Å². The van der Waals surface area contributed by atoms with Crippen molar-refractivity contribution >= 4 is 23.3 Å². The maximum Gasteiger partial charge on any atom is 0.416 e. The van der Waals surface area contributed by atoms with Crippen LogP contribution in [-0.2, 0) is 11.0 Å². The van der Waals surface area contributed by atoms with Gasteiger partial charge < -0.3 is 10.1 Å². The molecule has 0 saturated carbocycles. The van der Waals surface area contributed by atoms with E-state index in [1.165, 1.54) is 24.3 Å². The number of allylic oxidation sites excluding steroid dienone is 3. The molecule has 8 heteroatoms. The van der Waals surface area contributed by atoms with Gasteiger partial charge >= 0.3 is 6.18 Å². The summed E-state index contributed by atoms with van der Waals surface area (Å²) in [7, 11) is 0. The lowest BCUT2D eigenvalue weighted by Gasteiger charge is -2.15. The van der Waals surface area contributed by atoms with Crippen molar-refractivity contribution < 1.29 is 27.5 Å². The second kappa shape index (κ2) is 7.90. The third-order valence-corrected chi connectivity index (χ3v) is 4.04. The van der Waals surface area contributed by atoms with Gasteiger partial charge in [-0.05, 0) is 48.5 Å². The van der Waals surface area contributed by atoms with Crippen molar-refractivity contribution in [1.29, 1.82) is 0 Å². The fourth-order valence-corrected chi connectivity index (χ4v) is 2.59. The zero-order valence-electron chi connectivity index (χ0n) is 14.2. The van der Waals surface area contributed by atoms with E-state index in [0.29, 0.717) is 16.8 Å². The topological polar surface area (TPSA) is 55.4 Å². The average Bonchev–Trinajstić information content (AvgIpc) is 2.63. The minimum atomic E-state index is -4.63. The molecule has 1 aliphatic rings. The quantitative estimate of drug-likeness (QED) is 0.748. The van der Waals surface area contributed by atoms with Crippen molar-refractivity contribution in [3.05, 3.63) is 82.5 Å². The minimum Gasteiger partial charge on any atom is -0.457 e. The van der Waals surface area contributed by atoms with Crippen LogP contribution < -0.4 is 10.1 Å². The molecule has 1 aliphatic carbocycles. The highest BCUT2D eigenvalue weighted by Gasteiger charge is 2.32.